The Morgan fingerprint density at radius 2 is 2.04 bits per heavy atom. The van der Waals surface area contributed by atoms with Crippen LogP contribution in [0.4, 0.5) is 0 Å². The number of ether oxygens (including phenoxy) is 1. The second-order valence-corrected chi connectivity index (χ2v) is 7.21. The summed E-state index contributed by atoms with van der Waals surface area (Å²) in [6.45, 7) is 0.518. The molecular formula is C22H20N2O4. The van der Waals surface area contributed by atoms with E-state index in [0.29, 0.717) is 17.9 Å². The van der Waals surface area contributed by atoms with Crippen molar-refractivity contribution in [1.29, 1.82) is 0 Å². The maximum atomic E-state index is 12.1. The molecule has 0 saturated carbocycles. The number of hydrogen-bond donors (Lipinski definition) is 1. The van der Waals surface area contributed by atoms with Crippen LogP contribution >= 0.6 is 0 Å². The number of hydrogen-bond acceptors (Lipinski definition) is 5. The topological polar surface area (TPSA) is 77.5 Å². The standard InChI is InChI=1S/C22H20N2O4/c25-14(11-24-13-23-19-6-1-2-7-20(19)24)12-27-15-8-9-17-16-4-3-5-18(16)22(26)28-21(17)10-15/h1-2,6-10,13-14,25H,3-5,11-12H2/t14-/m1/s1. The van der Waals surface area contributed by atoms with Crippen molar-refractivity contribution in [2.24, 2.45) is 0 Å². The van der Waals surface area contributed by atoms with Gasteiger partial charge in [-0.3, -0.25) is 0 Å². The molecule has 1 atom stereocenters. The number of aliphatic hydroxyl groups excluding tert-OH is 1. The van der Waals surface area contributed by atoms with Gasteiger partial charge in [-0.15, -0.1) is 0 Å². The zero-order chi connectivity index (χ0) is 19.1. The van der Waals surface area contributed by atoms with E-state index in [1.165, 1.54) is 0 Å². The summed E-state index contributed by atoms with van der Waals surface area (Å²) in [6.07, 6.45) is 3.72. The third-order valence-electron chi connectivity index (χ3n) is 5.32. The summed E-state index contributed by atoms with van der Waals surface area (Å²) in [5.41, 5.74) is 4.08. The molecule has 2 heterocycles. The summed E-state index contributed by atoms with van der Waals surface area (Å²) in [6, 6.07) is 13.3. The molecule has 142 valence electrons. The van der Waals surface area contributed by atoms with Crippen LogP contribution in [0.3, 0.4) is 0 Å². The van der Waals surface area contributed by atoms with Crippen molar-refractivity contribution in [1.82, 2.24) is 9.55 Å². The van der Waals surface area contributed by atoms with E-state index in [4.69, 9.17) is 9.15 Å². The highest BCUT2D eigenvalue weighted by atomic mass is 16.5. The first kappa shape index (κ1) is 17.0. The Balaban J connectivity index is 1.31. The molecule has 6 nitrogen and oxygen atoms in total. The summed E-state index contributed by atoms with van der Waals surface area (Å²) >= 11 is 0. The van der Waals surface area contributed by atoms with Crippen molar-refractivity contribution in [3.05, 3.63) is 70.3 Å². The van der Waals surface area contributed by atoms with Crippen molar-refractivity contribution in [3.63, 3.8) is 0 Å². The van der Waals surface area contributed by atoms with E-state index >= 15 is 0 Å². The fraction of sp³-hybridized carbons (Fsp3) is 0.273. The van der Waals surface area contributed by atoms with E-state index in [0.717, 1.165) is 46.8 Å². The molecule has 28 heavy (non-hydrogen) atoms. The maximum Gasteiger partial charge on any atom is 0.339 e. The van der Waals surface area contributed by atoms with E-state index < -0.39 is 6.10 Å². The van der Waals surface area contributed by atoms with Gasteiger partial charge in [-0.1, -0.05) is 12.1 Å². The van der Waals surface area contributed by atoms with Crippen molar-refractivity contribution < 1.29 is 14.3 Å². The lowest BCUT2D eigenvalue weighted by Crippen LogP contribution is -2.23. The first-order valence-corrected chi connectivity index (χ1v) is 9.48. The molecule has 0 fully saturated rings. The number of nitrogens with zero attached hydrogens (tertiary/aromatic N) is 2. The molecule has 1 N–H and O–H groups in total. The van der Waals surface area contributed by atoms with E-state index in [9.17, 15) is 9.90 Å². The van der Waals surface area contributed by atoms with Gasteiger partial charge in [0.05, 0.1) is 23.9 Å². The van der Waals surface area contributed by atoms with Crippen LogP contribution in [0.15, 0.2) is 58.0 Å². The van der Waals surface area contributed by atoms with Crippen LogP contribution in [0.1, 0.15) is 17.5 Å². The van der Waals surface area contributed by atoms with Crippen LogP contribution in [0.5, 0.6) is 5.75 Å². The molecule has 0 unspecified atom stereocenters. The van der Waals surface area contributed by atoms with Crippen molar-refractivity contribution in [3.8, 4) is 5.75 Å². The number of rotatable bonds is 5. The average molecular weight is 376 g/mol. The average Bonchev–Trinajstić information content (AvgIpc) is 3.35. The van der Waals surface area contributed by atoms with Crippen LogP contribution in [-0.4, -0.2) is 27.4 Å². The molecular weight excluding hydrogens is 356 g/mol. The summed E-state index contributed by atoms with van der Waals surface area (Å²) in [7, 11) is 0. The quantitative estimate of drug-likeness (QED) is 0.542. The zero-order valence-corrected chi connectivity index (χ0v) is 15.3. The Bertz CT molecular complexity index is 1220. The highest BCUT2D eigenvalue weighted by Crippen LogP contribution is 2.29. The van der Waals surface area contributed by atoms with E-state index in [1.54, 1.807) is 12.4 Å². The van der Waals surface area contributed by atoms with Crippen LogP contribution in [-0.2, 0) is 19.4 Å². The summed E-state index contributed by atoms with van der Waals surface area (Å²) in [5, 5.41) is 11.4. The SMILES string of the molecule is O=c1oc2cc(OC[C@H](O)Cn3cnc4ccccc43)ccc2c2c1CCC2. The van der Waals surface area contributed by atoms with E-state index in [2.05, 4.69) is 4.98 Å². The Labute approximate surface area is 161 Å². The maximum absolute atomic E-state index is 12.1. The minimum absolute atomic E-state index is 0.132. The van der Waals surface area contributed by atoms with Gasteiger partial charge in [0.1, 0.15) is 24.0 Å². The molecule has 1 aliphatic rings. The Morgan fingerprint density at radius 1 is 1.18 bits per heavy atom. The minimum Gasteiger partial charge on any atom is -0.491 e. The molecule has 2 aromatic heterocycles. The largest absolute Gasteiger partial charge is 0.491 e. The van der Waals surface area contributed by atoms with Crippen LogP contribution in [0.2, 0.25) is 0 Å². The van der Waals surface area contributed by atoms with Gasteiger partial charge in [-0.2, -0.15) is 0 Å². The van der Waals surface area contributed by atoms with Crippen LogP contribution in [0.25, 0.3) is 22.0 Å². The Hall–Kier alpha value is -3.12. The predicted octanol–water partition coefficient (Wildman–Crippen LogP) is 3.07. The zero-order valence-electron chi connectivity index (χ0n) is 15.3. The Morgan fingerprint density at radius 3 is 2.96 bits per heavy atom. The van der Waals surface area contributed by atoms with Gasteiger partial charge in [0.2, 0.25) is 0 Å². The van der Waals surface area contributed by atoms with Gasteiger partial charge in [0, 0.05) is 17.0 Å². The fourth-order valence-corrected chi connectivity index (χ4v) is 3.98. The lowest BCUT2D eigenvalue weighted by molar-refractivity contribution is 0.0934. The van der Waals surface area contributed by atoms with E-state index in [-0.39, 0.29) is 12.2 Å². The molecule has 0 amide bonds. The molecule has 0 radical (unpaired) electrons. The molecule has 0 bridgehead atoms. The number of aryl methyl sites for hydroxylation is 1. The lowest BCUT2D eigenvalue weighted by atomic mass is 10.1. The van der Waals surface area contributed by atoms with Gasteiger partial charge in [0.25, 0.3) is 0 Å². The van der Waals surface area contributed by atoms with E-state index in [1.807, 2.05) is 41.0 Å². The molecule has 1 aliphatic carbocycles. The predicted molar refractivity (Wildman–Crippen MR) is 106 cm³/mol. The second-order valence-electron chi connectivity index (χ2n) is 7.21. The van der Waals surface area contributed by atoms with Crippen molar-refractivity contribution >= 4 is 22.0 Å². The molecule has 5 rings (SSSR count). The number of imidazole rings is 1. The van der Waals surface area contributed by atoms with Crippen molar-refractivity contribution in [2.75, 3.05) is 6.61 Å². The molecule has 2 aromatic carbocycles. The molecule has 4 aromatic rings. The van der Waals surface area contributed by atoms with Gasteiger partial charge >= 0.3 is 5.63 Å². The van der Waals surface area contributed by atoms with Crippen molar-refractivity contribution in [2.45, 2.75) is 31.9 Å². The number of para-hydroxylation sites is 2. The molecule has 0 saturated heterocycles. The second kappa shape index (κ2) is 6.80. The number of fused-ring (bicyclic) bond motifs is 4. The monoisotopic (exact) mass is 376 g/mol. The molecule has 0 spiro atoms. The normalized spacial score (nSPS) is 14.5. The molecule has 0 aliphatic heterocycles. The number of benzene rings is 2. The van der Waals surface area contributed by atoms with Crippen LogP contribution in [0, 0.1) is 0 Å². The van der Waals surface area contributed by atoms with Gasteiger partial charge in [0.15, 0.2) is 0 Å². The van der Waals surface area contributed by atoms with Gasteiger partial charge in [-0.05, 0) is 49.1 Å². The Kier molecular flexibility index (Phi) is 4.13. The number of aliphatic hydroxyl groups is 1. The first-order chi connectivity index (χ1) is 13.7. The third-order valence-corrected chi connectivity index (χ3v) is 5.32. The lowest BCUT2D eigenvalue weighted by Gasteiger charge is -2.14. The molecule has 6 heteroatoms. The highest BCUT2D eigenvalue weighted by molar-refractivity contribution is 5.83. The minimum atomic E-state index is -0.694. The summed E-state index contributed by atoms with van der Waals surface area (Å²) < 4.78 is 13.1. The van der Waals surface area contributed by atoms with Gasteiger partial charge < -0.3 is 18.8 Å². The van der Waals surface area contributed by atoms with Gasteiger partial charge in [-0.25, -0.2) is 9.78 Å². The highest BCUT2D eigenvalue weighted by Gasteiger charge is 2.19. The fourth-order valence-electron chi connectivity index (χ4n) is 3.98. The summed E-state index contributed by atoms with van der Waals surface area (Å²) in [5.74, 6) is 0.572. The summed E-state index contributed by atoms with van der Waals surface area (Å²) in [4.78, 5) is 16.5. The number of aromatic nitrogens is 2. The smallest absolute Gasteiger partial charge is 0.339 e. The first-order valence-electron chi connectivity index (χ1n) is 9.48. The van der Waals surface area contributed by atoms with Crippen LogP contribution < -0.4 is 10.4 Å². The third kappa shape index (κ3) is 2.96.